The summed E-state index contributed by atoms with van der Waals surface area (Å²) in [5.41, 5.74) is 0.775. The molecule has 6 nitrogen and oxygen atoms in total. The molecule has 1 aliphatic heterocycles. The Kier molecular flexibility index (Phi) is 6.82. The highest BCUT2D eigenvalue weighted by atomic mass is 32.1. The van der Waals surface area contributed by atoms with E-state index < -0.39 is 0 Å². The first kappa shape index (κ1) is 21.3. The van der Waals surface area contributed by atoms with E-state index in [1.54, 1.807) is 23.9 Å². The monoisotopic (exact) mass is 436 g/mol. The molecule has 3 heterocycles. The van der Waals surface area contributed by atoms with Crippen LogP contribution >= 0.6 is 11.3 Å². The third-order valence-electron chi connectivity index (χ3n) is 5.93. The van der Waals surface area contributed by atoms with E-state index in [-0.39, 0.29) is 23.4 Å². The van der Waals surface area contributed by atoms with Crippen LogP contribution in [0.15, 0.2) is 66.6 Å². The van der Waals surface area contributed by atoms with E-state index in [0.29, 0.717) is 19.3 Å². The van der Waals surface area contributed by atoms with Gasteiger partial charge in [-0.1, -0.05) is 36.4 Å². The molecule has 0 bridgehead atoms. The number of amides is 2. The molecule has 3 aromatic rings. The lowest BCUT2D eigenvalue weighted by Gasteiger charge is -2.29. The summed E-state index contributed by atoms with van der Waals surface area (Å²) in [4.78, 5) is 30.2. The molecule has 31 heavy (non-hydrogen) atoms. The molecule has 162 valence electrons. The van der Waals surface area contributed by atoms with Gasteiger partial charge in [0.25, 0.3) is 0 Å². The van der Waals surface area contributed by atoms with E-state index in [9.17, 15) is 9.59 Å². The predicted molar refractivity (Wildman–Crippen MR) is 122 cm³/mol. The number of thiophene rings is 1. The fourth-order valence-corrected chi connectivity index (χ4v) is 5.10. The normalized spacial score (nSPS) is 19.2. The summed E-state index contributed by atoms with van der Waals surface area (Å²) in [6.07, 6.45) is 9.40. The largest absolute Gasteiger partial charge is 0.350 e. The van der Waals surface area contributed by atoms with Gasteiger partial charge in [-0.3, -0.25) is 9.59 Å². The van der Waals surface area contributed by atoms with Gasteiger partial charge in [0, 0.05) is 48.6 Å². The van der Waals surface area contributed by atoms with E-state index in [2.05, 4.69) is 27.1 Å². The zero-order valence-electron chi connectivity index (χ0n) is 17.5. The van der Waals surface area contributed by atoms with Crippen LogP contribution in [0.25, 0.3) is 0 Å². The minimum Gasteiger partial charge on any atom is -0.350 e. The number of hydrogen-bond acceptors (Lipinski definition) is 4. The number of hydrogen-bond donors (Lipinski definition) is 2. The summed E-state index contributed by atoms with van der Waals surface area (Å²) in [7, 11) is 0. The van der Waals surface area contributed by atoms with Crippen LogP contribution in [-0.2, 0) is 22.6 Å². The second-order valence-electron chi connectivity index (χ2n) is 8.20. The Bertz CT molecular complexity index is 972. The standard InChI is InChI=1S/C24H28N4O2S/c29-22(8-11-24(12-9-23(30)27-24)17-20-7-4-16-31-20)26-21(19-5-2-1-3-6-19)10-14-28-15-13-25-18-28/h1-7,13,15-16,18,21H,8-12,14,17H2,(H,26,29)(H,27,30). The Morgan fingerprint density at radius 3 is 2.81 bits per heavy atom. The topological polar surface area (TPSA) is 76.0 Å². The first-order valence-electron chi connectivity index (χ1n) is 10.8. The average molecular weight is 437 g/mol. The van der Waals surface area contributed by atoms with Crippen LogP contribution in [0.2, 0.25) is 0 Å². The van der Waals surface area contributed by atoms with Crippen molar-refractivity contribution in [2.45, 2.75) is 56.7 Å². The highest BCUT2D eigenvalue weighted by Crippen LogP contribution is 2.31. The predicted octanol–water partition coefficient (Wildman–Crippen LogP) is 3.86. The summed E-state index contributed by atoms with van der Waals surface area (Å²) >= 11 is 1.70. The molecular weight excluding hydrogens is 408 g/mol. The Morgan fingerprint density at radius 1 is 1.26 bits per heavy atom. The van der Waals surface area contributed by atoms with Crippen molar-refractivity contribution in [1.29, 1.82) is 0 Å². The van der Waals surface area contributed by atoms with Crippen molar-refractivity contribution < 1.29 is 9.59 Å². The van der Waals surface area contributed by atoms with Gasteiger partial charge >= 0.3 is 0 Å². The number of nitrogens with zero attached hydrogens (tertiary/aromatic N) is 2. The molecule has 7 heteroatoms. The maximum Gasteiger partial charge on any atom is 0.220 e. The third kappa shape index (κ3) is 5.82. The molecule has 1 fully saturated rings. The quantitative estimate of drug-likeness (QED) is 0.507. The zero-order chi connectivity index (χ0) is 21.5. The Morgan fingerprint density at radius 2 is 2.13 bits per heavy atom. The molecule has 1 saturated heterocycles. The number of carbonyl (C=O) groups is 2. The molecule has 1 aromatic carbocycles. The Hall–Kier alpha value is -2.93. The second-order valence-corrected chi connectivity index (χ2v) is 9.24. The minimum atomic E-state index is -0.321. The number of benzene rings is 1. The fourth-order valence-electron chi connectivity index (χ4n) is 4.25. The molecule has 0 saturated carbocycles. The SMILES string of the molecule is O=C(CCC1(Cc2cccs2)CCC(=O)N1)NC(CCn1ccnc1)c1ccccc1. The fraction of sp³-hybridized carbons (Fsp3) is 0.375. The lowest BCUT2D eigenvalue weighted by molar-refractivity contribution is -0.123. The number of imidazole rings is 1. The van der Waals surface area contributed by atoms with Gasteiger partial charge in [0.2, 0.25) is 11.8 Å². The highest BCUT2D eigenvalue weighted by Gasteiger charge is 2.38. The van der Waals surface area contributed by atoms with E-state index in [1.807, 2.05) is 47.2 Å². The number of rotatable bonds is 10. The van der Waals surface area contributed by atoms with E-state index in [0.717, 1.165) is 31.4 Å². The number of aromatic nitrogens is 2. The average Bonchev–Trinajstić information content (AvgIpc) is 3.54. The van der Waals surface area contributed by atoms with E-state index >= 15 is 0 Å². The molecular formula is C24H28N4O2S. The number of carbonyl (C=O) groups excluding carboxylic acids is 2. The number of aryl methyl sites for hydroxylation is 1. The molecule has 2 amide bonds. The van der Waals surface area contributed by atoms with Crippen molar-refractivity contribution in [3.05, 3.63) is 77.0 Å². The molecule has 0 spiro atoms. The summed E-state index contributed by atoms with van der Waals surface area (Å²) < 4.78 is 2.02. The Balaban J connectivity index is 1.38. The highest BCUT2D eigenvalue weighted by molar-refractivity contribution is 7.09. The Labute approximate surface area is 186 Å². The van der Waals surface area contributed by atoms with Gasteiger partial charge in [0.05, 0.1) is 12.4 Å². The molecule has 0 radical (unpaired) electrons. The molecule has 0 aliphatic carbocycles. The van der Waals surface area contributed by atoms with Crippen LogP contribution in [0.3, 0.4) is 0 Å². The van der Waals surface area contributed by atoms with Crippen molar-refractivity contribution >= 4 is 23.2 Å². The summed E-state index contributed by atoms with van der Waals surface area (Å²) in [6, 6.07) is 14.1. The lowest BCUT2D eigenvalue weighted by atomic mass is 9.87. The van der Waals surface area contributed by atoms with Crippen molar-refractivity contribution in [2.24, 2.45) is 0 Å². The summed E-state index contributed by atoms with van der Waals surface area (Å²) in [5, 5.41) is 8.44. The van der Waals surface area contributed by atoms with Gasteiger partial charge in [-0.2, -0.15) is 0 Å². The van der Waals surface area contributed by atoms with Gasteiger partial charge in [0.1, 0.15) is 0 Å². The van der Waals surface area contributed by atoms with Crippen LogP contribution in [0, 0.1) is 0 Å². The summed E-state index contributed by atoms with van der Waals surface area (Å²) in [5.74, 6) is 0.102. The zero-order valence-corrected chi connectivity index (χ0v) is 18.3. The maximum absolute atomic E-state index is 12.9. The first-order valence-corrected chi connectivity index (χ1v) is 11.6. The van der Waals surface area contributed by atoms with Crippen LogP contribution in [0.4, 0.5) is 0 Å². The van der Waals surface area contributed by atoms with E-state index in [1.165, 1.54) is 4.88 Å². The van der Waals surface area contributed by atoms with Crippen molar-refractivity contribution in [1.82, 2.24) is 20.2 Å². The van der Waals surface area contributed by atoms with Crippen LogP contribution < -0.4 is 10.6 Å². The van der Waals surface area contributed by atoms with Crippen molar-refractivity contribution in [3.8, 4) is 0 Å². The summed E-state index contributed by atoms with van der Waals surface area (Å²) in [6.45, 7) is 0.776. The van der Waals surface area contributed by atoms with Gasteiger partial charge < -0.3 is 15.2 Å². The van der Waals surface area contributed by atoms with Crippen LogP contribution in [0.1, 0.15) is 48.6 Å². The van der Waals surface area contributed by atoms with E-state index in [4.69, 9.17) is 0 Å². The second kappa shape index (κ2) is 9.92. The molecule has 2 N–H and O–H groups in total. The van der Waals surface area contributed by atoms with Gasteiger partial charge in [-0.25, -0.2) is 4.98 Å². The smallest absolute Gasteiger partial charge is 0.220 e. The molecule has 4 rings (SSSR count). The molecule has 1 aliphatic rings. The third-order valence-corrected chi connectivity index (χ3v) is 6.81. The number of nitrogens with one attached hydrogen (secondary N) is 2. The molecule has 2 atom stereocenters. The van der Waals surface area contributed by atoms with Gasteiger partial charge in [-0.05, 0) is 36.3 Å². The van der Waals surface area contributed by atoms with Crippen molar-refractivity contribution in [3.63, 3.8) is 0 Å². The van der Waals surface area contributed by atoms with Crippen LogP contribution in [0.5, 0.6) is 0 Å². The van der Waals surface area contributed by atoms with Crippen molar-refractivity contribution in [2.75, 3.05) is 0 Å². The molecule has 2 unspecified atom stereocenters. The van der Waals surface area contributed by atoms with Crippen LogP contribution in [-0.4, -0.2) is 26.9 Å². The first-order chi connectivity index (χ1) is 15.1. The maximum atomic E-state index is 12.9. The minimum absolute atomic E-state index is 0.0196. The van der Waals surface area contributed by atoms with Gasteiger partial charge in [0.15, 0.2) is 0 Å². The lowest BCUT2D eigenvalue weighted by Crippen LogP contribution is -2.44. The molecule has 2 aromatic heterocycles. The van der Waals surface area contributed by atoms with Gasteiger partial charge in [-0.15, -0.1) is 11.3 Å².